The molecular weight excluding hydrogens is 270 g/mol. The van der Waals surface area contributed by atoms with Crippen molar-refractivity contribution in [2.75, 3.05) is 32.8 Å². The zero-order valence-corrected chi connectivity index (χ0v) is 10.9. The molecule has 0 aliphatic carbocycles. The number of phosphoric ester groups is 1. The fourth-order valence-corrected chi connectivity index (χ4v) is 4.39. The molecule has 9 heteroatoms. The minimum absolute atomic E-state index is 0.0727. The lowest BCUT2D eigenvalue weighted by Gasteiger charge is -2.28. The van der Waals surface area contributed by atoms with Gasteiger partial charge in [0.1, 0.15) is 0 Å². The van der Waals surface area contributed by atoms with Crippen molar-refractivity contribution in [3.63, 3.8) is 0 Å². The lowest BCUT2D eigenvalue weighted by molar-refractivity contribution is 0.0523. The van der Waals surface area contributed by atoms with Crippen LogP contribution in [0.5, 0.6) is 0 Å². The third kappa shape index (κ3) is 3.86. The summed E-state index contributed by atoms with van der Waals surface area (Å²) in [6.07, 6.45) is 0.225. The quantitative estimate of drug-likeness (QED) is 0.734. The normalized spacial score (nSPS) is 37.8. The summed E-state index contributed by atoms with van der Waals surface area (Å²) in [4.78, 5) is 0. The third-order valence-corrected chi connectivity index (χ3v) is 5.31. The molecule has 7 nitrogen and oxygen atoms in total. The van der Waals surface area contributed by atoms with E-state index < -0.39 is 21.8 Å². The maximum Gasteiger partial charge on any atom is 0.475 e. The zero-order chi connectivity index (χ0) is 12.4. The molecule has 0 aromatic carbocycles. The van der Waals surface area contributed by atoms with Crippen molar-refractivity contribution in [2.45, 2.75) is 6.42 Å². The minimum atomic E-state index is -3.67. The van der Waals surface area contributed by atoms with Crippen LogP contribution < -0.4 is 0 Å². The lowest BCUT2D eigenvalue weighted by atomic mass is 10.2. The predicted molar refractivity (Wildman–Crippen MR) is 57.4 cm³/mol. The second-order valence-electron chi connectivity index (χ2n) is 3.69. The van der Waals surface area contributed by atoms with Gasteiger partial charge in [-0.2, -0.15) is 0 Å². The Morgan fingerprint density at radius 2 is 1.71 bits per heavy atom. The van der Waals surface area contributed by atoms with Crippen LogP contribution in [0, 0.1) is 12.8 Å². The van der Waals surface area contributed by atoms with Gasteiger partial charge in [-0.25, -0.2) is 4.57 Å². The second-order valence-corrected chi connectivity index (χ2v) is 7.35. The largest absolute Gasteiger partial charge is 0.475 e. The van der Waals surface area contributed by atoms with Crippen LogP contribution in [-0.4, -0.2) is 32.8 Å². The van der Waals surface area contributed by atoms with E-state index in [4.69, 9.17) is 29.5 Å². The van der Waals surface area contributed by atoms with Gasteiger partial charge in [0.25, 0.3) is 0 Å². The van der Waals surface area contributed by atoms with Crippen LogP contribution in [0.15, 0.2) is 0 Å². The molecule has 2 heterocycles. The molecule has 0 amide bonds. The lowest BCUT2D eigenvalue weighted by Crippen LogP contribution is -2.20. The Kier molecular flexibility index (Phi) is 4.42. The topological polar surface area (TPSA) is 80.3 Å². The number of hydrogen-bond acceptors (Lipinski definition) is 7. The SMILES string of the molecule is [CH]C1COP(=O)(OCP2(=O)OCCCO2)OC1. The Morgan fingerprint density at radius 3 is 2.29 bits per heavy atom. The molecule has 98 valence electrons. The summed E-state index contributed by atoms with van der Waals surface area (Å²) in [5.74, 6) is -0.334. The van der Waals surface area contributed by atoms with Crippen molar-refractivity contribution >= 4 is 15.4 Å². The maximum atomic E-state index is 11.9. The van der Waals surface area contributed by atoms with Crippen LogP contribution >= 0.6 is 15.4 Å². The molecule has 0 saturated carbocycles. The Morgan fingerprint density at radius 1 is 1.12 bits per heavy atom. The summed E-state index contributed by atoms with van der Waals surface area (Å²) >= 11 is 0. The standard InChI is InChI=1S/C8H14O7P2/c1-8-5-13-17(10,14-6-8)15-7-16(9)11-3-2-4-12-16/h1,8H,2-7H2. The molecule has 2 aliphatic rings. The summed E-state index contributed by atoms with van der Waals surface area (Å²) in [5.41, 5.74) is 0. The van der Waals surface area contributed by atoms with Crippen molar-refractivity contribution in [3.05, 3.63) is 6.92 Å². The average Bonchev–Trinajstić information content (AvgIpc) is 2.33. The Bertz CT molecular complexity index is 336. The van der Waals surface area contributed by atoms with Crippen molar-refractivity contribution < 1.29 is 31.7 Å². The smallest absolute Gasteiger partial charge is 0.307 e. The molecule has 0 spiro atoms. The molecule has 2 fully saturated rings. The van der Waals surface area contributed by atoms with Crippen molar-refractivity contribution in [2.24, 2.45) is 5.92 Å². The summed E-state index contributed by atoms with van der Waals surface area (Å²) < 4.78 is 48.3. The van der Waals surface area contributed by atoms with Crippen molar-refractivity contribution in [1.29, 1.82) is 0 Å². The van der Waals surface area contributed by atoms with E-state index >= 15 is 0 Å². The predicted octanol–water partition coefficient (Wildman–Crippen LogP) is 2.07. The van der Waals surface area contributed by atoms with Gasteiger partial charge >= 0.3 is 15.4 Å². The summed E-state index contributed by atoms with van der Waals surface area (Å²) in [5, 5.41) is 0. The first kappa shape index (κ1) is 13.7. The van der Waals surface area contributed by atoms with Crippen LogP contribution in [-0.2, 0) is 31.7 Å². The van der Waals surface area contributed by atoms with Gasteiger partial charge in [0, 0.05) is 5.92 Å². The molecule has 0 aromatic heterocycles. The van der Waals surface area contributed by atoms with Crippen molar-refractivity contribution in [1.82, 2.24) is 0 Å². The first-order chi connectivity index (χ1) is 8.02. The van der Waals surface area contributed by atoms with Gasteiger partial charge in [-0.1, -0.05) is 0 Å². The fraction of sp³-hybridized carbons (Fsp3) is 0.875. The highest BCUT2D eigenvalue weighted by molar-refractivity contribution is 7.55. The molecule has 2 rings (SSSR count). The van der Waals surface area contributed by atoms with Gasteiger partial charge in [-0.05, 0) is 13.3 Å². The summed E-state index contributed by atoms with van der Waals surface area (Å²) in [7, 11) is -7.00. The van der Waals surface area contributed by atoms with Gasteiger partial charge in [-0.3, -0.25) is 18.1 Å². The van der Waals surface area contributed by atoms with Gasteiger partial charge < -0.3 is 9.05 Å². The molecule has 0 unspecified atom stereocenters. The molecule has 0 atom stereocenters. The first-order valence-electron chi connectivity index (χ1n) is 5.19. The summed E-state index contributed by atoms with van der Waals surface area (Å²) in [6.45, 7) is 6.30. The van der Waals surface area contributed by atoms with Crippen LogP contribution in [0.1, 0.15) is 6.42 Å². The highest BCUT2D eigenvalue weighted by atomic mass is 31.2. The van der Waals surface area contributed by atoms with Gasteiger partial charge in [0.15, 0.2) is 6.35 Å². The van der Waals surface area contributed by atoms with E-state index in [0.717, 1.165) is 0 Å². The molecule has 0 bridgehead atoms. The van der Waals surface area contributed by atoms with E-state index in [1.54, 1.807) is 0 Å². The van der Waals surface area contributed by atoms with E-state index in [2.05, 4.69) is 0 Å². The number of phosphoric acid groups is 1. The molecule has 2 aliphatic heterocycles. The highest BCUT2D eigenvalue weighted by Crippen LogP contribution is 2.58. The Balaban J connectivity index is 1.85. The highest BCUT2D eigenvalue weighted by Gasteiger charge is 2.37. The van der Waals surface area contributed by atoms with E-state index in [1.807, 2.05) is 0 Å². The second kappa shape index (κ2) is 5.49. The van der Waals surface area contributed by atoms with Gasteiger partial charge in [0.2, 0.25) is 0 Å². The molecule has 17 heavy (non-hydrogen) atoms. The number of rotatable bonds is 3. The monoisotopic (exact) mass is 284 g/mol. The average molecular weight is 284 g/mol. The molecule has 2 saturated heterocycles. The Labute approximate surface area is 99.9 Å². The van der Waals surface area contributed by atoms with Crippen LogP contribution in [0.4, 0.5) is 0 Å². The van der Waals surface area contributed by atoms with E-state index in [1.165, 1.54) is 0 Å². The number of hydrogen-bond donors (Lipinski definition) is 0. The van der Waals surface area contributed by atoms with Crippen LogP contribution in [0.25, 0.3) is 0 Å². The Hall–Kier alpha value is 0.260. The molecule has 0 aromatic rings. The molecule has 0 N–H and O–H groups in total. The molecular formula is C8H14O7P2. The zero-order valence-electron chi connectivity index (χ0n) is 9.15. The van der Waals surface area contributed by atoms with Crippen molar-refractivity contribution in [3.8, 4) is 0 Å². The minimum Gasteiger partial charge on any atom is -0.307 e. The fourth-order valence-electron chi connectivity index (χ4n) is 1.25. The van der Waals surface area contributed by atoms with Gasteiger partial charge in [0.05, 0.1) is 26.4 Å². The van der Waals surface area contributed by atoms with Crippen LogP contribution in [0.2, 0.25) is 0 Å². The first-order valence-corrected chi connectivity index (χ1v) is 8.38. The molecule has 2 radical (unpaired) electrons. The maximum absolute atomic E-state index is 11.9. The van der Waals surface area contributed by atoms with E-state index in [-0.39, 0.29) is 19.1 Å². The van der Waals surface area contributed by atoms with Crippen LogP contribution in [0.3, 0.4) is 0 Å². The van der Waals surface area contributed by atoms with E-state index in [0.29, 0.717) is 19.6 Å². The van der Waals surface area contributed by atoms with E-state index in [9.17, 15) is 9.13 Å². The third-order valence-electron chi connectivity index (χ3n) is 2.13. The van der Waals surface area contributed by atoms with Gasteiger partial charge in [-0.15, -0.1) is 0 Å². The summed E-state index contributed by atoms with van der Waals surface area (Å²) in [6, 6.07) is 0.